The van der Waals surface area contributed by atoms with Crippen LogP contribution in [0.1, 0.15) is 12.6 Å². The first-order valence-corrected chi connectivity index (χ1v) is 4.84. The summed E-state index contributed by atoms with van der Waals surface area (Å²) in [5, 5.41) is 4.63. The van der Waals surface area contributed by atoms with Crippen LogP contribution in [0.25, 0.3) is 10.9 Å². The highest BCUT2D eigenvalue weighted by Crippen LogP contribution is 2.29. The maximum absolute atomic E-state index is 4.34. The Morgan fingerprint density at radius 2 is 2.29 bits per heavy atom. The van der Waals surface area contributed by atoms with Crippen molar-refractivity contribution in [2.24, 2.45) is 0 Å². The zero-order valence-electron chi connectivity index (χ0n) is 7.99. The Bertz CT molecular complexity index is 452. The predicted octanol–water partition coefficient (Wildman–Crippen LogP) is 1.99. The number of rotatable bonds is 0. The van der Waals surface area contributed by atoms with Gasteiger partial charge in [-0.15, -0.1) is 0 Å². The summed E-state index contributed by atoms with van der Waals surface area (Å²) in [4.78, 5) is 8.60. The van der Waals surface area contributed by atoms with Crippen LogP contribution in [0, 0.1) is 0 Å². The fourth-order valence-electron chi connectivity index (χ4n) is 2.06. The monoisotopic (exact) mass is 185 g/mol. The number of hydrogen-bond acceptors (Lipinski definition) is 3. The smallest absolute Gasteiger partial charge is 0.116 e. The molecule has 2 aromatic rings. The van der Waals surface area contributed by atoms with E-state index < -0.39 is 0 Å². The highest BCUT2D eigenvalue weighted by molar-refractivity contribution is 5.94. The lowest BCUT2D eigenvalue weighted by Gasteiger charge is -2.23. The van der Waals surface area contributed by atoms with Gasteiger partial charge >= 0.3 is 0 Å². The summed E-state index contributed by atoms with van der Waals surface area (Å²) >= 11 is 0. The van der Waals surface area contributed by atoms with Gasteiger partial charge in [-0.1, -0.05) is 6.07 Å². The van der Waals surface area contributed by atoms with Crippen molar-refractivity contribution in [3.05, 3.63) is 30.2 Å². The molecule has 0 fully saturated rings. The Kier molecular flexibility index (Phi) is 1.48. The summed E-state index contributed by atoms with van der Waals surface area (Å²) in [5.41, 5.74) is 3.36. The van der Waals surface area contributed by atoms with E-state index in [9.17, 15) is 0 Å². The van der Waals surface area contributed by atoms with E-state index >= 15 is 0 Å². The topological polar surface area (TPSA) is 37.8 Å². The van der Waals surface area contributed by atoms with Crippen LogP contribution in [0.15, 0.2) is 24.5 Å². The molecule has 0 spiro atoms. The first-order chi connectivity index (χ1) is 6.84. The normalized spacial score (nSPS) is 19.4. The second kappa shape index (κ2) is 2.67. The lowest BCUT2D eigenvalue weighted by atomic mass is 10.0. The number of nitrogens with zero attached hydrogens (tertiary/aromatic N) is 2. The van der Waals surface area contributed by atoms with Gasteiger partial charge in [0.25, 0.3) is 0 Å². The van der Waals surface area contributed by atoms with Crippen molar-refractivity contribution in [3.8, 4) is 0 Å². The van der Waals surface area contributed by atoms with Crippen LogP contribution in [-0.2, 0) is 6.42 Å². The van der Waals surface area contributed by atoms with Gasteiger partial charge in [0, 0.05) is 23.5 Å². The molecule has 70 valence electrons. The number of hydrogen-bond donors (Lipinski definition) is 1. The maximum atomic E-state index is 4.34. The lowest BCUT2D eigenvalue weighted by molar-refractivity contribution is 0.762. The summed E-state index contributed by atoms with van der Waals surface area (Å²) in [6.45, 7) is 2.17. The maximum Gasteiger partial charge on any atom is 0.116 e. The molecular weight excluding hydrogens is 174 g/mol. The van der Waals surface area contributed by atoms with Gasteiger partial charge in [0.1, 0.15) is 6.33 Å². The van der Waals surface area contributed by atoms with Crippen molar-refractivity contribution in [2.45, 2.75) is 19.4 Å². The highest BCUT2D eigenvalue weighted by atomic mass is 15.0. The van der Waals surface area contributed by atoms with Gasteiger partial charge in [0.2, 0.25) is 0 Å². The van der Waals surface area contributed by atoms with Crippen LogP contribution >= 0.6 is 0 Å². The van der Waals surface area contributed by atoms with E-state index in [-0.39, 0.29) is 0 Å². The van der Waals surface area contributed by atoms with Crippen molar-refractivity contribution < 1.29 is 0 Å². The molecule has 0 amide bonds. The summed E-state index contributed by atoms with van der Waals surface area (Å²) in [6, 6.07) is 6.61. The van der Waals surface area contributed by atoms with Crippen LogP contribution in [0.5, 0.6) is 0 Å². The fraction of sp³-hybridized carbons (Fsp3) is 0.273. The number of nitrogens with one attached hydrogen (secondary N) is 1. The van der Waals surface area contributed by atoms with Gasteiger partial charge in [-0.2, -0.15) is 0 Å². The molecule has 0 saturated carbocycles. The average Bonchev–Trinajstić information content (AvgIpc) is 2.18. The van der Waals surface area contributed by atoms with Crippen LogP contribution in [-0.4, -0.2) is 16.0 Å². The molecule has 3 nitrogen and oxygen atoms in total. The third-order valence-electron chi connectivity index (χ3n) is 2.64. The van der Waals surface area contributed by atoms with Crippen LogP contribution < -0.4 is 5.32 Å². The Morgan fingerprint density at radius 1 is 1.36 bits per heavy atom. The third kappa shape index (κ3) is 0.985. The van der Waals surface area contributed by atoms with Crippen LogP contribution in [0.2, 0.25) is 0 Å². The molecule has 3 heteroatoms. The molecule has 1 unspecified atom stereocenters. The first-order valence-electron chi connectivity index (χ1n) is 4.84. The minimum atomic E-state index is 0.461. The number of aromatic nitrogens is 2. The van der Waals surface area contributed by atoms with E-state index in [0.29, 0.717) is 6.04 Å². The van der Waals surface area contributed by atoms with E-state index in [1.54, 1.807) is 6.33 Å². The number of anilines is 1. The zero-order chi connectivity index (χ0) is 9.54. The average molecular weight is 185 g/mol. The Hall–Kier alpha value is -1.64. The van der Waals surface area contributed by atoms with Gasteiger partial charge in [-0.3, -0.25) is 0 Å². The predicted molar refractivity (Wildman–Crippen MR) is 56.3 cm³/mol. The van der Waals surface area contributed by atoms with E-state index in [0.717, 1.165) is 23.3 Å². The molecule has 1 aromatic carbocycles. The van der Waals surface area contributed by atoms with Crippen molar-refractivity contribution >= 4 is 16.6 Å². The Morgan fingerprint density at radius 3 is 3.21 bits per heavy atom. The van der Waals surface area contributed by atoms with Gasteiger partial charge in [0.05, 0.1) is 11.2 Å². The zero-order valence-corrected chi connectivity index (χ0v) is 7.99. The molecule has 1 aliphatic heterocycles. The summed E-state index contributed by atoms with van der Waals surface area (Å²) in [7, 11) is 0. The van der Waals surface area contributed by atoms with Gasteiger partial charge in [-0.05, 0) is 19.1 Å². The third-order valence-corrected chi connectivity index (χ3v) is 2.64. The molecular formula is C11H11N3. The van der Waals surface area contributed by atoms with Gasteiger partial charge < -0.3 is 5.32 Å². The van der Waals surface area contributed by atoms with Crippen molar-refractivity contribution in [1.29, 1.82) is 0 Å². The number of benzene rings is 1. The second-order valence-corrected chi connectivity index (χ2v) is 3.77. The van der Waals surface area contributed by atoms with Gasteiger partial charge in [-0.25, -0.2) is 9.97 Å². The highest BCUT2D eigenvalue weighted by Gasteiger charge is 2.17. The molecule has 1 aliphatic rings. The van der Waals surface area contributed by atoms with Gasteiger partial charge in [0.15, 0.2) is 0 Å². The molecule has 1 atom stereocenters. The van der Waals surface area contributed by atoms with E-state index in [1.165, 1.54) is 5.39 Å². The van der Waals surface area contributed by atoms with E-state index in [1.807, 2.05) is 12.1 Å². The van der Waals surface area contributed by atoms with E-state index in [4.69, 9.17) is 0 Å². The molecule has 1 aromatic heterocycles. The van der Waals surface area contributed by atoms with E-state index in [2.05, 4.69) is 28.3 Å². The van der Waals surface area contributed by atoms with Crippen LogP contribution in [0.3, 0.4) is 0 Å². The summed E-state index contributed by atoms with van der Waals surface area (Å²) in [5.74, 6) is 0. The van der Waals surface area contributed by atoms with Crippen LogP contribution in [0.4, 0.5) is 5.69 Å². The molecule has 1 N–H and O–H groups in total. The molecule has 0 bridgehead atoms. The van der Waals surface area contributed by atoms with Crippen molar-refractivity contribution in [2.75, 3.05) is 5.32 Å². The lowest BCUT2D eigenvalue weighted by Crippen LogP contribution is -2.23. The van der Waals surface area contributed by atoms with Crippen molar-refractivity contribution in [1.82, 2.24) is 9.97 Å². The molecule has 2 heterocycles. The standard InChI is InChI=1S/C11H11N3/c1-7-5-10-11-8(12-6-13-10)3-2-4-9(11)14-7/h2-4,6-7,14H,5H2,1H3. The largest absolute Gasteiger partial charge is 0.382 e. The quantitative estimate of drug-likeness (QED) is 0.682. The summed E-state index contributed by atoms with van der Waals surface area (Å²) in [6.07, 6.45) is 2.63. The summed E-state index contributed by atoms with van der Waals surface area (Å²) < 4.78 is 0. The van der Waals surface area contributed by atoms with Crippen molar-refractivity contribution in [3.63, 3.8) is 0 Å². The first kappa shape index (κ1) is 7.74. The minimum Gasteiger partial charge on any atom is -0.382 e. The second-order valence-electron chi connectivity index (χ2n) is 3.77. The molecule has 0 radical (unpaired) electrons. The SMILES string of the molecule is CC1Cc2ncnc3cccc(c23)N1. The Labute approximate surface area is 82.2 Å². The molecule has 0 saturated heterocycles. The fourth-order valence-corrected chi connectivity index (χ4v) is 2.06. The molecule has 3 rings (SSSR count). The Balaban J connectivity index is 2.40. The molecule has 14 heavy (non-hydrogen) atoms. The minimum absolute atomic E-state index is 0.461. The molecule has 0 aliphatic carbocycles.